The maximum absolute atomic E-state index is 13.0. The molecule has 0 spiro atoms. The normalized spacial score (nSPS) is 14.3. The zero-order valence-electron chi connectivity index (χ0n) is 52.6. The van der Waals surface area contributed by atoms with Crippen LogP contribution in [0.5, 0.6) is 0 Å². The van der Waals surface area contributed by atoms with Crippen LogP contribution in [0.25, 0.3) is 0 Å². The number of phosphoric acid groups is 2. The van der Waals surface area contributed by atoms with Crippen LogP contribution in [0.1, 0.15) is 317 Å². The van der Waals surface area contributed by atoms with Crippen molar-refractivity contribution in [3.05, 3.63) is 0 Å². The molecule has 0 rings (SSSR count). The van der Waals surface area contributed by atoms with Gasteiger partial charge in [0.15, 0.2) is 12.2 Å². The summed E-state index contributed by atoms with van der Waals surface area (Å²) in [7, 11) is -9.87. The molecule has 486 valence electrons. The number of hydrogen-bond acceptors (Lipinski definition) is 15. The van der Waals surface area contributed by atoms with Gasteiger partial charge in [0.05, 0.1) is 26.4 Å². The van der Waals surface area contributed by atoms with Crippen LogP contribution in [0.2, 0.25) is 0 Å². The highest BCUT2D eigenvalue weighted by molar-refractivity contribution is 7.47. The Morgan fingerprint density at radius 3 is 0.829 bits per heavy atom. The summed E-state index contributed by atoms with van der Waals surface area (Å²) < 4.78 is 67.7. The van der Waals surface area contributed by atoms with Crippen LogP contribution in [-0.2, 0) is 65.4 Å². The highest BCUT2D eigenvalue weighted by atomic mass is 31.2. The molecule has 5 atom stereocenters. The van der Waals surface area contributed by atoms with Crippen LogP contribution in [-0.4, -0.2) is 96.7 Å². The summed E-state index contributed by atoms with van der Waals surface area (Å²) in [6.07, 6.45) is 40.7. The molecule has 0 aromatic heterocycles. The Hall–Kier alpha value is -1.94. The minimum absolute atomic E-state index is 0.105. The van der Waals surface area contributed by atoms with Gasteiger partial charge in [0, 0.05) is 25.7 Å². The van der Waals surface area contributed by atoms with Gasteiger partial charge in [-0.3, -0.25) is 37.3 Å². The van der Waals surface area contributed by atoms with Gasteiger partial charge in [0.1, 0.15) is 19.3 Å². The first-order valence-electron chi connectivity index (χ1n) is 33.1. The molecule has 82 heavy (non-hydrogen) atoms. The molecule has 0 saturated carbocycles. The molecular formula is C63H122O17P2. The van der Waals surface area contributed by atoms with E-state index in [2.05, 4.69) is 34.6 Å². The zero-order chi connectivity index (χ0) is 60.6. The lowest BCUT2D eigenvalue weighted by molar-refractivity contribution is -0.161. The van der Waals surface area contributed by atoms with Gasteiger partial charge in [0.25, 0.3) is 0 Å². The maximum atomic E-state index is 13.0. The second-order valence-electron chi connectivity index (χ2n) is 23.3. The van der Waals surface area contributed by atoms with Gasteiger partial charge in [-0.25, -0.2) is 9.13 Å². The lowest BCUT2D eigenvalue weighted by Crippen LogP contribution is -2.30. The van der Waals surface area contributed by atoms with E-state index in [0.29, 0.717) is 25.7 Å². The van der Waals surface area contributed by atoms with Crippen molar-refractivity contribution in [2.75, 3.05) is 39.6 Å². The third-order valence-corrected chi connectivity index (χ3v) is 16.4. The Labute approximate surface area is 498 Å². The van der Waals surface area contributed by atoms with E-state index in [-0.39, 0.29) is 25.7 Å². The SMILES string of the molecule is CCCCCCCCCCCCCCCCCCC(=O)O[C@H](COC(=O)CCCCCCCCCCCC(C)C)COP(=O)(O)OC[C@@H](O)COP(=O)(O)OC[C@@H](COC(=O)CCCCCCC)OC(=O)CCCCCCCCCCC. The molecule has 0 aliphatic rings. The van der Waals surface area contributed by atoms with Crippen LogP contribution in [0.3, 0.4) is 0 Å². The third-order valence-electron chi connectivity index (χ3n) is 14.5. The van der Waals surface area contributed by atoms with E-state index in [1.54, 1.807) is 0 Å². The molecule has 0 aliphatic heterocycles. The summed E-state index contributed by atoms with van der Waals surface area (Å²) in [5.41, 5.74) is 0. The Morgan fingerprint density at radius 1 is 0.329 bits per heavy atom. The van der Waals surface area contributed by atoms with Crippen LogP contribution >= 0.6 is 15.6 Å². The van der Waals surface area contributed by atoms with Crippen molar-refractivity contribution in [3.8, 4) is 0 Å². The fourth-order valence-corrected chi connectivity index (χ4v) is 11.0. The average Bonchev–Trinajstić information content (AvgIpc) is 3.44. The second-order valence-corrected chi connectivity index (χ2v) is 26.2. The molecule has 0 heterocycles. The molecule has 0 radical (unpaired) electrons. The van der Waals surface area contributed by atoms with E-state index >= 15 is 0 Å². The Kier molecular flexibility index (Phi) is 55.5. The van der Waals surface area contributed by atoms with E-state index in [9.17, 15) is 43.2 Å². The Bertz CT molecular complexity index is 1600. The molecule has 19 heteroatoms. The molecule has 3 N–H and O–H groups in total. The zero-order valence-corrected chi connectivity index (χ0v) is 54.4. The van der Waals surface area contributed by atoms with Crippen molar-refractivity contribution in [2.45, 2.75) is 335 Å². The van der Waals surface area contributed by atoms with E-state index < -0.39 is 97.5 Å². The molecule has 2 unspecified atom stereocenters. The predicted molar refractivity (Wildman–Crippen MR) is 326 cm³/mol. The molecule has 0 bridgehead atoms. The van der Waals surface area contributed by atoms with Crippen LogP contribution in [0, 0.1) is 5.92 Å². The first-order valence-corrected chi connectivity index (χ1v) is 36.1. The van der Waals surface area contributed by atoms with Gasteiger partial charge in [0.2, 0.25) is 0 Å². The standard InChI is InChI=1S/C63H122O17P2/c1-6-9-12-15-17-19-20-21-22-23-24-25-29-34-39-44-49-63(68)80-59(53-74-61(66)47-42-37-32-30-26-28-31-36-40-45-56(4)5)55-78-82(71,72)76-51-57(64)50-75-81(69,70)77-54-58(52-73-60(65)46-41-35-14-11-8-3)79-62(67)48-43-38-33-27-18-16-13-10-7-2/h56-59,64H,6-55H2,1-5H3,(H,69,70)(H,71,72)/t57-,58+,59+/m0/s1. The number of ether oxygens (including phenoxy) is 4. The molecule has 0 aliphatic carbocycles. The highest BCUT2D eigenvalue weighted by Gasteiger charge is 2.30. The monoisotopic (exact) mass is 1210 g/mol. The van der Waals surface area contributed by atoms with Crippen molar-refractivity contribution in [2.24, 2.45) is 5.92 Å². The van der Waals surface area contributed by atoms with Gasteiger partial charge >= 0.3 is 39.5 Å². The molecular weight excluding hydrogens is 1090 g/mol. The number of rotatable bonds is 63. The van der Waals surface area contributed by atoms with E-state index in [4.69, 9.17) is 37.0 Å². The Morgan fingerprint density at radius 2 is 0.561 bits per heavy atom. The number of carbonyl (C=O) groups excluding carboxylic acids is 4. The van der Waals surface area contributed by atoms with Crippen LogP contribution in [0.15, 0.2) is 0 Å². The number of carbonyl (C=O) groups is 4. The number of aliphatic hydroxyl groups is 1. The molecule has 0 saturated heterocycles. The minimum atomic E-state index is -4.94. The van der Waals surface area contributed by atoms with Gasteiger partial charge in [-0.1, -0.05) is 266 Å². The third kappa shape index (κ3) is 57.2. The summed E-state index contributed by atoms with van der Waals surface area (Å²) in [5, 5.41) is 10.5. The summed E-state index contributed by atoms with van der Waals surface area (Å²) in [4.78, 5) is 71.9. The average molecular weight is 1210 g/mol. The van der Waals surface area contributed by atoms with Crippen molar-refractivity contribution in [1.29, 1.82) is 0 Å². The molecule has 0 amide bonds. The summed E-state index contributed by atoms with van der Waals surface area (Å²) in [6.45, 7) is 7.07. The number of aliphatic hydroxyl groups excluding tert-OH is 1. The summed E-state index contributed by atoms with van der Waals surface area (Å²) in [6, 6.07) is 0. The van der Waals surface area contributed by atoms with E-state index in [0.717, 1.165) is 102 Å². The predicted octanol–water partition coefficient (Wildman–Crippen LogP) is 17.4. The molecule has 0 aromatic carbocycles. The Balaban J connectivity index is 5.16. The fourth-order valence-electron chi connectivity index (χ4n) is 9.41. The molecule has 0 fully saturated rings. The lowest BCUT2D eigenvalue weighted by atomic mass is 10.0. The van der Waals surface area contributed by atoms with Crippen molar-refractivity contribution < 1.29 is 80.2 Å². The minimum Gasteiger partial charge on any atom is -0.462 e. The van der Waals surface area contributed by atoms with Crippen LogP contribution in [0.4, 0.5) is 0 Å². The largest absolute Gasteiger partial charge is 0.472 e. The summed E-state index contributed by atoms with van der Waals surface area (Å²) in [5.74, 6) is -1.40. The van der Waals surface area contributed by atoms with E-state index in [1.165, 1.54) is 135 Å². The number of hydrogen-bond donors (Lipinski definition) is 3. The first-order chi connectivity index (χ1) is 39.5. The summed E-state index contributed by atoms with van der Waals surface area (Å²) >= 11 is 0. The molecule has 0 aromatic rings. The van der Waals surface area contributed by atoms with Gasteiger partial charge in [-0.15, -0.1) is 0 Å². The quantitative estimate of drug-likeness (QED) is 0.0222. The van der Waals surface area contributed by atoms with Crippen molar-refractivity contribution in [3.63, 3.8) is 0 Å². The number of esters is 4. The van der Waals surface area contributed by atoms with Crippen molar-refractivity contribution >= 4 is 39.5 Å². The maximum Gasteiger partial charge on any atom is 0.472 e. The number of phosphoric ester groups is 2. The van der Waals surface area contributed by atoms with E-state index in [1.807, 2.05) is 0 Å². The smallest absolute Gasteiger partial charge is 0.462 e. The first kappa shape index (κ1) is 80.1. The van der Waals surface area contributed by atoms with Gasteiger partial charge < -0.3 is 33.8 Å². The second kappa shape index (κ2) is 56.8. The fraction of sp³-hybridized carbons (Fsp3) is 0.937. The number of unbranched alkanes of at least 4 members (excludes halogenated alkanes) is 35. The topological polar surface area (TPSA) is 237 Å². The molecule has 17 nitrogen and oxygen atoms in total. The highest BCUT2D eigenvalue weighted by Crippen LogP contribution is 2.45. The lowest BCUT2D eigenvalue weighted by Gasteiger charge is -2.21. The van der Waals surface area contributed by atoms with Crippen molar-refractivity contribution in [1.82, 2.24) is 0 Å². The van der Waals surface area contributed by atoms with Crippen LogP contribution < -0.4 is 0 Å². The van der Waals surface area contributed by atoms with Gasteiger partial charge in [-0.05, 0) is 31.6 Å². The van der Waals surface area contributed by atoms with Gasteiger partial charge in [-0.2, -0.15) is 0 Å².